The van der Waals surface area contributed by atoms with Crippen LogP contribution in [0.3, 0.4) is 0 Å². The third-order valence-corrected chi connectivity index (χ3v) is 5.82. The molecule has 6 nitrogen and oxygen atoms in total. The van der Waals surface area contributed by atoms with E-state index in [1.165, 1.54) is 0 Å². The van der Waals surface area contributed by atoms with Gasteiger partial charge in [0.05, 0.1) is 23.7 Å². The maximum absolute atomic E-state index is 13.5. The molecule has 148 valence electrons. The number of para-hydroxylation sites is 2. The van der Waals surface area contributed by atoms with E-state index in [-0.39, 0.29) is 11.9 Å². The number of ether oxygens (including phenoxy) is 1. The second kappa shape index (κ2) is 7.37. The van der Waals surface area contributed by atoms with Gasteiger partial charge in [-0.2, -0.15) is 0 Å². The Morgan fingerprint density at radius 2 is 2.10 bits per heavy atom. The summed E-state index contributed by atoms with van der Waals surface area (Å²) in [7, 11) is 1.70. The molecule has 6 heteroatoms. The molecule has 1 aliphatic rings. The number of amides is 1. The Hall–Kier alpha value is -3.12. The van der Waals surface area contributed by atoms with Crippen molar-refractivity contribution in [3.8, 4) is 0 Å². The SMILES string of the molecule is COCCn1ccc2c(C(=O)N3CCC[C@H]3c3nc4ccccc4[nH]3)cccc21. The number of rotatable bonds is 5. The lowest BCUT2D eigenvalue weighted by Crippen LogP contribution is -2.31. The van der Waals surface area contributed by atoms with Gasteiger partial charge < -0.3 is 19.2 Å². The molecule has 1 amide bonds. The number of fused-ring (bicyclic) bond motifs is 2. The van der Waals surface area contributed by atoms with Crippen LogP contribution in [0.25, 0.3) is 21.9 Å². The maximum Gasteiger partial charge on any atom is 0.255 e. The zero-order valence-corrected chi connectivity index (χ0v) is 16.5. The lowest BCUT2D eigenvalue weighted by Gasteiger charge is -2.23. The number of carbonyl (C=O) groups is 1. The summed E-state index contributed by atoms with van der Waals surface area (Å²) in [4.78, 5) is 23.7. The molecule has 29 heavy (non-hydrogen) atoms. The number of benzene rings is 2. The van der Waals surface area contributed by atoms with Crippen LogP contribution < -0.4 is 0 Å². The van der Waals surface area contributed by atoms with E-state index in [1.54, 1.807) is 7.11 Å². The minimum atomic E-state index is -0.0132. The van der Waals surface area contributed by atoms with E-state index in [4.69, 9.17) is 9.72 Å². The molecule has 1 aliphatic heterocycles. The Morgan fingerprint density at radius 3 is 2.97 bits per heavy atom. The summed E-state index contributed by atoms with van der Waals surface area (Å²) in [6.45, 7) is 2.16. The highest BCUT2D eigenvalue weighted by Gasteiger charge is 2.33. The summed E-state index contributed by atoms with van der Waals surface area (Å²) in [6, 6.07) is 16.0. The molecular formula is C23H24N4O2. The van der Waals surface area contributed by atoms with E-state index in [0.717, 1.165) is 59.3 Å². The number of hydrogen-bond donors (Lipinski definition) is 1. The fraction of sp³-hybridized carbons (Fsp3) is 0.304. The molecule has 1 saturated heterocycles. The number of methoxy groups -OCH3 is 1. The number of H-pyrrole nitrogens is 1. The van der Waals surface area contributed by atoms with Gasteiger partial charge in [0, 0.05) is 42.9 Å². The summed E-state index contributed by atoms with van der Waals surface area (Å²) >= 11 is 0. The number of nitrogens with one attached hydrogen (secondary N) is 1. The minimum Gasteiger partial charge on any atom is -0.383 e. The van der Waals surface area contributed by atoms with Crippen LogP contribution in [0.15, 0.2) is 54.7 Å². The second-order valence-corrected chi connectivity index (χ2v) is 7.54. The second-order valence-electron chi connectivity index (χ2n) is 7.54. The van der Waals surface area contributed by atoms with Crippen LogP contribution in [0.1, 0.15) is 35.1 Å². The van der Waals surface area contributed by atoms with Crippen LogP contribution in [-0.2, 0) is 11.3 Å². The van der Waals surface area contributed by atoms with Crippen molar-refractivity contribution in [3.63, 3.8) is 0 Å². The van der Waals surface area contributed by atoms with Gasteiger partial charge in [-0.15, -0.1) is 0 Å². The molecule has 0 spiro atoms. The Balaban J connectivity index is 1.48. The summed E-state index contributed by atoms with van der Waals surface area (Å²) in [5.41, 5.74) is 3.77. The Kier molecular flexibility index (Phi) is 4.56. The fourth-order valence-electron chi connectivity index (χ4n) is 4.37. The van der Waals surface area contributed by atoms with Gasteiger partial charge in [-0.25, -0.2) is 4.98 Å². The zero-order valence-electron chi connectivity index (χ0n) is 16.5. The van der Waals surface area contributed by atoms with Gasteiger partial charge in [0.15, 0.2) is 0 Å². The molecule has 3 heterocycles. The number of hydrogen-bond acceptors (Lipinski definition) is 3. The fourth-order valence-corrected chi connectivity index (χ4v) is 4.37. The van der Waals surface area contributed by atoms with Crippen molar-refractivity contribution in [1.82, 2.24) is 19.4 Å². The Bertz CT molecular complexity index is 1140. The monoisotopic (exact) mass is 388 g/mol. The topological polar surface area (TPSA) is 63.1 Å². The van der Waals surface area contributed by atoms with Crippen molar-refractivity contribution in [2.24, 2.45) is 0 Å². The molecule has 4 aromatic rings. The van der Waals surface area contributed by atoms with E-state index >= 15 is 0 Å². The van der Waals surface area contributed by atoms with Crippen molar-refractivity contribution >= 4 is 27.8 Å². The van der Waals surface area contributed by atoms with Gasteiger partial charge in [-0.1, -0.05) is 18.2 Å². The van der Waals surface area contributed by atoms with Gasteiger partial charge in [0.1, 0.15) is 5.82 Å². The highest BCUT2D eigenvalue weighted by molar-refractivity contribution is 6.06. The lowest BCUT2D eigenvalue weighted by atomic mass is 10.1. The van der Waals surface area contributed by atoms with Crippen LogP contribution >= 0.6 is 0 Å². The van der Waals surface area contributed by atoms with Crippen LogP contribution in [0.5, 0.6) is 0 Å². The van der Waals surface area contributed by atoms with Gasteiger partial charge in [0.25, 0.3) is 5.91 Å². The largest absolute Gasteiger partial charge is 0.383 e. The van der Waals surface area contributed by atoms with Gasteiger partial charge in [-0.3, -0.25) is 4.79 Å². The van der Waals surface area contributed by atoms with Crippen molar-refractivity contribution in [1.29, 1.82) is 0 Å². The van der Waals surface area contributed by atoms with Crippen LogP contribution in [0.2, 0.25) is 0 Å². The number of aromatic nitrogens is 3. The van der Waals surface area contributed by atoms with Crippen LogP contribution in [0, 0.1) is 0 Å². The van der Waals surface area contributed by atoms with Gasteiger partial charge >= 0.3 is 0 Å². The molecular weight excluding hydrogens is 364 g/mol. The van der Waals surface area contributed by atoms with Crippen LogP contribution in [-0.4, -0.2) is 45.6 Å². The first kappa shape index (κ1) is 17.9. The number of aromatic amines is 1. The first-order chi connectivity index (χ1) is 14.3. The number of imidazole rings is 1. The summed E-state index contributed by atoms with van der Waals surface area (Å²) in [5.74, 6) is 0.949. The van der Waals surface area contributed by atoms with Gasteiger partial charge in [-0.05, 0) is 43.2 Å². The average Bonchev–Trinajstić information content (AvgIpc) is 3.48. The molecule has 0 unspecified atom stereocenters. The third kappa shape index (κ3) is 3.09. The highest BCUT2D eigenvalue weighted by Crippen LogP contribution is 2.34. The molecule has 0 aliphatic carbocycles. The summed E-state index contributed by atoms with van der Waals surface area (Å²) < 4.78 is 7.34. The summed E-state index contributed by atoms with van der Waals surface area (Å²) in [6.07, 6.45) is 3.94. The number of carbonyl (C=O) groups excluding carboxylic acids is 1. The number of likely N-dealkylation sites (tertiary alicyclic amines) is 1. The highest BCUT2D eigenvalue weighted by atomic mass is 16.5. The van der Waals surface area contributed by atoms with Crippen molar-refractivity contribution < 1.29 is 9.53 Å². The quantitative estimate of drug-likeness (QED) is 0.559. The normalized spacial score (nSPS) is 16.9. The molecule has 1 atom stereocenters. The van der Waals surface area contributed by atoms with Crippen molar-refractivity contribution in [2.45, 2.75) is 25.4 Å². The minimum absolute atomic E-state index is 0.0132. The van der Waals surface area contributed by atoms with Gasteiger partial charge in [0.2, 0.25) is 0 Å². The van der Waals surface area contributed by atoms with E-state index in [0.29, 0.717) is 6.61 Å². The van der Waals surface area contributed by atoms with Crippen molar-refractivity contribution in [2.75, 3.05) is 20.3 Å². The first-order valence-electron chi connectivity index (χ1n) is 10.1. The molecule has 1 fully saturated rings. The van der Waals surface area contributed by atoms with E-state index in [9.17, 15) is 4.79 Å². The van der Waals surface area contributed by atoms with Crippen molar-refractivity contribution in [3.05, 3.63) is 66.1 Å². The molecule has 0 bridgehead atoms. The van der Waals surface area contributed by atoms with E-state index in [1.807, 2.05) is 53.6 Å². The Labute approximate surface area is 169 Å². The average molecular weight is 388 g/mol. The molecule has 2 aromatic carbocycles. The standard InChI is InChI=1S/C23H24N4O2/c1-29-15-14-26-13-11-16-17(6-4-9-20(16)26)23(28)27-12-5-10-21(27)22-24-18-7-2-3-8-19(18)25-22/h2-4,6-9,11,13,21H,5,10,12,14-15H2,1H3,(H,24,25)/t21-/m0/s1. The number of nitrogens with zero attached hydrogens (tertiary/aromatic N) is 3. The lowest BCUT2D eigenvalue weighted by molar-refractivity contribution is 0.0732. The predicted molar refractivity (Wildman–Crippen MR) is 113 cm³/mol. The smallest absolute Gasteiger partial charge is 0.255 e. The molecule has 1 N–H and O–H groups in total. The molecule has 0 radical (unpaired) electrons. The zero-order chi connectivity index (χ0) is 19.8. The Morgan fingerprint density at radius 1 is 1.21 bits per heavy atom. The molecule has 5 rings (SSSR count). The first-order valence-corrected chi connectivity index (χ1v) is 10.1. The van der Waals surface area contributed by atoms with Crippen LogP contribution in [0.4, 0.5) is 0 Å². The molecule has 2 aromatic heterocycles. The molecule has 0 saturated carbocycles. The maximum atomic E-state index is 13.5. The summed E-state index contributed by atoms with van der Waals surface area (Å²) in [5, 5.41) is 0.990. The van der Waals surface area contributed by atoms with E-state index in [2.05, 4.69) is 15.6 Å². The van der Waals surface area contributed by atoms with E-state index < -0.39 is 0 Å². The predicted octanol–water partition coefficient (Wildman–Crippen LogP) is 4.14. The third-order valence-electron chi connectivity index (χ3n) is 5.82.